The first-order chi connectivity index (χ1) is 13.5. The van der Waals surface area contributed by atoms with Crippen molar-refractivity contribution >= 4 is 57.1 Å². The van der Waals surface area contributed by atoms with Gasteiger partial charge in [-0.25, -0.2) is 14.4 Å². The van der Waals surface area contributed by atoms with E-state index < -0.39 is 11.8 Å². The highest BCUT2D eigenvalue weighted by Crippen LogP contribution is 2.35. The van der Waals surface area contributed by atoms with Crippen molar-refractivity contribution in [3.05, 3.63) is 52.8 Å². The van der Waals surface area contributed by atoms with Crippen molar-refractivity contribution in [2.45, 2.75) is 4.90 Å². The zero-order valence-corrected chi connectivity index (χ0v) is 17.1. The first-order valence-corrected chi connectivity index (χ1v) is 10.2. The fraction of sp³-hybridized carbons (Fsp3) is 0.176. The average molecular weight is 443 g/mol. The molecule has 1 aromatic carbocycles. The molecule has 0 aliphatic rings. The normalized spacial score (nSPS) is 10.8. The number of benzene rings is 1. The quantitative estimate of drug-likeness (QED) is 0.344. The lowest BCUT2D eigenvalue weighted by Crippen LogP contribution is -2.25. The molecule has 0 spiro atoms. The minimum atomic E-state index is -0.623. The molecular formula is C17H17ClF2N6S2. The first kappa shape index (κ1) is 20.6. The lowest BCUT2D eigenvalue weighted by Gasteiger charge is -2.22. The molecule has 3 rings (SSSR count). The standard InChI is InChI=1S/C17H17ClF2N6S2/c1-26(4-2-21)14-8-16(20)23-9-13(14)24-12-7-11(19)15(6-10(12)18)28-25-17-22-3-5-27-17/h3,5-9,24H,2,4,21H2,1H3,(H,22,25). The van der Waals surface area contributed by atoms with Crippen LogP contribution in [0.3, 0.4) is 0 Å². The summed E-state index contributed by atoms with van der Waals surface area (Å²) in [6, 6.07) is 4.07. The van der Waals surface area contributed by atoms with Gasteiger partial charge in [0.05, 0.1) is 33.2 Å². The molecular weight excluding hydrogens is 426 g/mol. The SMILES string of the molecule is CN(CCN)c1cc(F)ncc1Nc1cc(F)c(SNc2nccs2)cc1Cl. The highest BCUT2D eigenvalue weighted by atomic mass is 35.5. The molecule has 6 nitrogen and oxygen atoms in total. The topological polar surface area (TPSA) is 79.1 Å². The van der Waals surface area contributed by atoms with Gasteiger partial charge in [0, 0.05) is 43.8 Å². The van der Waals surface area contributed by atoms with Gasteiger partial charge in [-0.3, -0.25) is 0 Å². The Hall–Kier alpha value is -2.14. The largest absolute Gasteiger partial charge is 0.371 e. The lowest BCUT2D eigenvalue weighted by molar-refractivity contribution is 0.583. The maximum atomic E-state index is 14.5. The van der Waals surface area contributed by atoms with Crippen LogP contribution < -0.4 is 20.7 Å². The number of anilines is 4. The van der Waals surface area contributed by atoms with E-state index in [-0.39, 0.29) is 0 Å². The van der Waals surface area contributed by atoms with Crippen molar-refractivity contribution in [2.75, 3.05) is 35.1 Å². The number of hydrogen-bond acceptors (Lipinski definition) is 8. The van der Waals surface area contributed by atoms with Crippen molar-refractivity contribution < 1.29 is 8.78 Å². The molecule has 28 heavy (non-hydrogen) atoms. The Labute approximate surface area is 174 Å². The highest BCUT2D eigenvalue weighted by Gasteiger charge is 2.14. The van der Waals surface area contributed by atoms with Gasteiger partial charge < -0.3 is 20.7 Å². The molecule has 0 amide bonds. The van der Waals surface area contributed by atoms with Gasteiger partial charge in [0.1, 0.15) is 5.82 Å². The fourth-order valence-corrected chi connectivity index (χ4v) is 3.92. The number of halogens is 3. The van der Waals surface area contributed by atoms with Crippen LogP contribution in [0.2, 0.25) is 5.02 Å². The summed E-state index contributed by atoms with van der Waals surface area (Å²) in [5.41, 5.74) is 6.95. The molecule has 0 radical (unpaired) electrons. The molecule has 0 bridgehead atoms. The van der Waals surface area contributed by atoms with Crippen LogP contribution in [0.25, 0.3) is 0 Å². The molecule has 0 saturated carbocycles. The number of aromatic nitrogens is 2. The molecule has 0 aliphatic heterocycles. The Morgan fingerprint density at radius 1 is 1.25 bits per heavy atom. The third kappa shape index (κ3) is 5.02. The van der Waals surface area contributed by atoms with Gasteiger partial charge in [-0.1, -0.05) is 11.6 Å². The van der Waals surface area contributed by atoms with Gasteiger partial charge in [0.15, 0.2) is 5.13 Å². The summed E-state index contributed by atoms with van der Waals surface area (Å²) in [7, 11) is 1.78. The molecule has 4 N–H and O–H groups in total. The van der Waals surface area contributed by atoms with E-state index in [1.54, 1.807) is 18.1 Å². The number of likely N-dealkylation sites (N-methyl/N-ethyl adjacent to an activating group) is 1. The molecule has 0 atom stereocenters. The minimum Gasteiger partial charge on any atom is -0.371 e. The number of nitrogens with one attached hydrogen (secondary N) is 2. The molecule has 3 aromatic rings. The van der Waals surface area contributed by atoms with Crippen molar-refractivity contribution in [2.24, 2.45) is 5.73 Å². The molecule has 0 saturated heterocycles. The van der Waals surface area contributed by atoms with E-state index in [1.165, 1.54) is 35.7 Å². The lowest BCUT2D eigenvalue weighted by atomic mass is 10.2. The minimum absolute atomic E-state index is 0.307. The van der Waals surface area contributed by atoms with E-state index in [2.05, 4.69) is 20.0 Å². The molecule has 2 aromatic heterocycles. The van der Waals surface area contributed by atoms with E-state index in [4.69, 9.17) is 17.3 Å². The smallest absolute Gasteiger partial charge is 0.215 e. The molecule has 0 unspecified atom stereocenters. The van der Waals surface area contributed by atoms with Crippen LogP contribution in [0, 0.1) is 11.8 Å². The third-order valence-corrected chi connectivity index (χ3v) is 5.65. The van der Waals surface area contributed by atoms with Gasteiger partial charge in [-0.15, -0.1) is 11.3 Å². The van der Waals surface area contributed by atoms with Crippen LogP contribution in [-0.4, -0.2) is 30.1 Å². The second-order valence-electron chi connectivity index (χ2n) is 5.66. The molecule has 11 heteroatoms. The van der Waals surface area contributed by atoms with Crippen LogP contribution in [0.5, 0.6) is 0 Å². The predicted molar refractivity (Wildman–Crippen MR) is 113 cm³/mol. The van der Waals surface area contributed by atoms with E-state index in [1.807, 2.05) is 5.38 Å². The summed E-state index contributed by atoms with van der Waals surface area (Å²) in [4.78, 5) is 9.83. The summed E-state index contributed by atoms with van der Waals surface area (Å²) in [6.07, 6.45) is 2.98. The monoisotopic (exact) mass is 442 g/mol. The Morgan fingerprint density at radius 2 is 2.07 bits per heavy atom. The van der Waals surface area contributed by atoms with Crippen LogP contribution in [0.1, 0.15) is 0 Å². The molecule has 0 aliphatic carbocycles. The number of thiazole rings is 1. The van der Waals surface area contributed by atoms with Crippen LogP contribution in [0.4, 0.5) is 31.0 Å². The van der Waals surface area contributed by atoms with Crippen molar-refractivity contribution in [1.82, 2.24) is 9.97 Å². The summed E-state index contributed by atoms with van der Waals surface area (Å²) >= 11 is 8.81. The Kier molecular flexibility index (Phi) is 6.89. The second kappa shape index (κ2) is 9.37. The van der Waals surface area contributed by atoms with E-state index in [0.717, 1.165) is 11.9 Å². The zero-order valence-electron chi connectivity index (χ0n) is 14.7. The summed E-state index contributed by atoms with van der Waals surface area (Å²) < 4.78 is 31.1. The van der Waals surface area contributed by atoms with E-state index in [0.29, 0.717) is 45.2 Å². The number of hydrogen-bond donors (Lipinski definition) is 3. The molecule has 148 valence electrons. The van der Waals surface area contributed by atoms with Gasteiger partial charge in [-0.05, 0) is 18.0 Å². The second-order valence-corrected chi connectivity index (χ2v) is 7.81. The molecule has 2 heterocycles. The number of rotatable bonds is 8. The van der Waals surface area contributed by atoms with Crippen LogP contribution in [0.15, 0.2) is 40.9 Å². The summed E-state index contributed by atoms with van der Waals surface area (Å²) in [6.45, 7) is 0.908. The Bertz CT molecular complexity index is 942. The average Bonchev–Trinajstić information content (AvgIpc) is 3.18. The third-order valence-electron chi connectivity index (χ3n) is 3.70. The van der Waals surface area contributed by atoms with Crippen LogP contribution in [-0.2, 0) is 0 Å². The molecule has 0 fully saturated rings. The van der Waals surface area contributed by atoms with E-state index >= 15 is 0 Å². The predicted octanol–water partition coefficient (Wildman–Crippen LogP) is 4.73. The summed E-state index contributed by atoms with van der Waals surface area (Å²) in [5.74, 6) is -1.09. The number of nitrogens with two attached hydrogens (primary N) is 1. The van der Waals surface area contributed by atoms with Crippen molar-refractivity contribution in [1.29, 1.82) is 0 Å². The van der Waals surface area contributed by atoms with Gasteiger partial charge in [0.2, 0.25) is 5.95 Å². The van der Waals surface area contributed by atoms with Gasteiger partial charge in [0.25, 0.3) is 0 Å². The van der Waals surface area contributed by atoms with Crippen molar-refractivity contribution in [3.63, 3.8) is 0 Å². The number of pyridine rings is 1. The van der Waals surface area contributed by atoms with Crippen LogP contribution >= 0.6 is 34.9 Å². The fourth-order valence-electron chi connectivity index (χ4n) is 2.37. The highest BCUT2D eigenvalue weighted by molar-refractivity contribution is 8.00. The van der Waals surface area contributed by atoms with E-state index in [9.17, 15) is 8.78 Å². The first-order valence-electron chi connectivity index (χ1n) is 8.13. The number of nitrogens with zero attached hydrogens (tertiary/aromatic N) is 3. The Morgan fingerprint density at radius 3 is 2.79 bits per heavy atom. The van der Waals surface area contributed by atoms with Gasteiger partial charge >= 0.3 is 0 Å². The van der Waals surface area contributed by atoms with Gasteiger partial charge in [-0.2, -0.15) is 4.39 Å². The van der Waals surface area contributed by atoms with Crippen molar-refractivity contribution in [3.8, 4) is 0 Å². The summed E-state index contributed by atoms with van der Waals surface area (Å²) in [5, 5.41) is 5.80. The maximum absolute atomic E-state index is 14.5. The maximum Gasteiger partial charge on any atom is 0.215 e. The zero-order chi connectivity index (χ0) is 20.1. The Balaban J connectivity index is 1.82.